The number of rotatable bonds is 4. The molecule has 0 radical (unpaired) electrons. The first kappa shape index (κ1) is 11.2. The molecule has 1 fully saturated rings. The number of hydrogen-bond donors (Lipinski definition) is 1. The summed E-state index contributed by atoms with van der Waals surface area (Å²) in [6.07, 6.45) is 7.41. The minimum absolute atomic E-state index is 0.618. The Morgan fingerprint density at radius 1 is 1.37 bits per heavy atom. The maximum absolute atomic E-state index is 5.72. The second kappa shape index (κ2) is 4.18. The molecular formula is C13H15N5S. The SMILES string of the molecule is NCCc1c(-n2ccc(C3CC3)n2)nc2sccn12. The first-order chi connectivity index (χ1) is 9.36. The van der Waals surface area contributed by atoms with Crippen LogP contribution in [0.5, 0.6) is 0 Å². The topological polar surface area (TPSA) is 61.1 Å². The molecule has 98 valence electrons. The first-order valence-corrected chi connectivity index (χ1v) is 7.45. The molecule has 0 aromatic carbocycles. The van der Waals surface area contributed by atoms with Gasteiger partial charge in [0.05, 0.1) is 11.4 Å². The van der Waals surface area contributed by atoms with Gasteiger partial charge in [-0.05, 0) is 25.5 Å². The molecule has 0 bridgehead atoms. The summed E-state index contributed by atoms with van der Waals surface area (Å²) >= 11 is 1.64. The molecular weight excluding hydrogens is 258 g/mol. The normalized spacial score (nSPS) is 15.4. The number of hydrogen-bond acceptors (Lipinski definition) is 4. The maximum Gasteiger partial charge on any atom is 0.195 e. The van der Waals surface area contributed by atoms with E-state index in [2.05, 4.69) is 20.5 Å². The van der Waals surface area contributed by atoms with E-state index in [1.807, 2.05) is 22.5 Å². The third-order valence-electron chi connectivity index (χ3n) is 3.54. The lowest BCUT2D eigenvalue weighted by Gasteiger charge is -2.02. The van der Waals surface area contributed by atoms with Crippen LogP contribution >= 0.6 is 11.3 Å². The molecule has 0 spiro atoms. The number of fused-ring (bicyclic) bond motifs is 1. The third-order valence-corrected chi connectivity index (χ3v) is 4.30. The summed E-state index contributed by atoms with van der Waals surface area (Å²) in [6, 6.07) is 2.11. The maximum atomic E-state index is 5.72. The van der Waals surface area contributed by atoms with E-state index in [9.17, 15) is 0 Å². The Kier molecular flexibility index (Phi) is 2.46. The molecule has 3 aromatic heterocycles. The van der Waals surface area contributed by atoms with E-state index in [0.29, 0.717) is 12.5 Å². The first-order valence-electron chi connectivity index (χ1n) is 6.57. The van der Waals surface area contributed by atoms with Crippen molar-refractivity contribution in [1.82, 2.24) is 19.2 Å². The molecule has 4 rings (SSSR count). The zero-order valence-electron chi connectivity index (χ0n) is 10.5. The monoisotopic (exact) mass is 273 g/mol. The Morgan fingerprint density at radius 2 is 2.26 bits per heavy atom. The zero-order chi connectivity index (χ0) is 12.8. The van der Waals surface area contributed by atoms with Gasteiger partial charge in [-0.15, -0.1) is 11.3 Å². The van der Waals surface area contributed by atoms with Gasteiger partial charge < -0.3 is 5.73 Å². The van der Waals surface area contributed by atoms with E-state index >= 15 is 0 Å². The Hall–Kier alpha value is -1.66. The molecule has 19 heavy (non-hydrogen) atoms. The number of nitrogens with zero attached hydrogens (tertiary/aromatic N) is 4. The Balaban J connectivity index is 1.83. The zero-order valence-corrected chi connectivity index (χ0v) is 11.3. The lowest BCUT2D eigenvalue weighted by Crippen LogP contribution is -2.08. The van der Waals surface area contributed by atoms with Crippen molar-refractivity contribution in [2.75, 3.05) is 6.54 Å². The highest BCUT2D eigenvalue weighted by Gasteiger charge is 2.26. The lowest BCUT2D eigenvalue weighted by molar-refractivity contribution is 0.793. The van der Waals surface area contributed by atoms with E-state index in [-0.39, 0.29) is 0 Å². The van der Waals surface area contributed by atoms with Crippen molar-refractivity contribution >= 4 is 16.3 Å². The summed E-state index contributed by atoms with van der Waals surface area (Å²) in [4.78, 5) is 5.68. The van der Waals surface area contributed by atoms with Gasteiger partial charge in [-0.25, -0.2) is 4.68 Å². The highest BCUT2D eigenvalue weighted by atomic mass is 32.1. The van der Waals surface area contributed by atoms with Gasteiger partial charge in [-0.2, -0.15) is 10.1 Å². The van der Waals surface area contributed by atoms with Gasteiger partial charge in [0.25, 0.3) is 0 Å². The summed E-state index contributed by atoms with van der Waals surface area (Å²) in [5.74, 6) is 1.59. The van der Waals surface area contributed by atoms with E-state index < -0.39 is 0 Å². The summed E-state index contributed by atoms with van der Waals surface area (Å²) in [5.41, 5.74) is 8.06. The van der Waals surface area contributed by atoms with Crippen molar-refractivity contribution in [3.05, 3.63) is 35.2 Å². The summed E-state index contributed by atoms with van der Waals surface area (Å²) in [6.45, 7) is 0.618. The molecule has 1 aliphatic rings. The van der Waals surface area contributed by atoms with E-state index in [1.165, 1.54) is 18.5 Å². The van der Waals surface area contributed by atoms with Crippen LogP contribution in [-0.2, 0) is 6.42 Å². The minimum atomic E-state index is 0.618. The van der Waals surface area contributed by atoms with E-state index in [0.717, 1.165) is 22.9 Å². The molecule has 1 saturated carbocycles. The van der Waals surface area contributed by atoms with Crippen molar-refractivity contribution in [1.29, 1.82) is 0 Å². The molecule has 3 aromatic rings. The van der Waals surface area contributed by atoms with Crippen LogP contribution in [0.3, 0.4) is 0 Å². The molecule has 2 N–H and O–H groups in total. The standard InChI is InChI=1S/C13H15N5S/c14-5-3-11-12(15-13-17(11)7-8-19-13)18-6-4-10(16-18)9-1-2-9/h4,6-9H,1-3,5,14H2. The van der Waals surface area contributed by atoms with Crippen LogP contribution in [-0.4, -0.2) is 25.7 Å². The van der Waals surface area contributed by atoms with Crippen LogP contribution in [0, 0.1) is 0 Å². The highest BCUT2D eigenvalue weighted by molar-refractivity contribution is 7.15. The van der Waals surface area contributed by atoms with Crippen molar-refractivity contribution in [3.8, 4) is 5.82 Å². The predicted octanol–water partition coefficient (Wildman–Crippen LogP) is 1.96. The van der Waals surface area contributed by atoms with Crippen molar-refractivity contribution in [3.63, 3.8) is 0 Å². The largest absolute Gasteiger partial charge is 0.330 e. The molecule has 3 heterocycles. The van der Waals surface area contributed by atoms with Crippen LogP contribution in [0.1, 0.15) is 30.1 Å². The minimum Gasteiger partial charge on any atom is -0.330 e. The Labute approximate surface area is 114 Å². The second-order valence-electron chi connectivity index (χ2n) is 4.94. The van der Waals surface area contributed by atoms with Crippen LogP contribution in [0.15, 0.2) is 23.8 Å². The fourth-order valence-electron chi connectivity index (χ4n) is 2.43. The summed E-state index contributed by atoms with van der Waals surface area (Å²) in [7, 11) is 0. The third kappa shape index (κ3) is 1.79. The van der Waals surface area contributed by atoms with Crippen LogP contribution in [0.4, 0.5) is 0 Å². The van der Waals surface area contributed by atoms with Crippen molar-refractivity contribution in [2.45, 2.75) is 25.2 Å². The number of nitrogens with two attached hydrogens (primary N) is 1. The van der Waals surface area contributed by atoms with Crippen LogP contribution in [0.2, 0.25) is 0 Å². The fraction of sp³-hybridized carbons (Fsp3) is 0.385. The Morgan fingerprint density at radius 3 is 3.05 bits per heavy atom. The van der Waals surface area contributed by atoms with Gasteiger partial charge >= 0.3 is 0 Å². The molecule has 0 aliphatic heterocycles. The molecule has 5 nitrogen and oxygen atoms in total. The molecule has 1 aliphatic carbocycles. The quantitative estimate of drug-likeness (QED) is 0.790. The van der Waals surface area contributed by atoms with Gasteiger partial charge in [0.1, 0.15) is 0 Å². The number of thiazole rings is 1. The Bertz CT molecular complexity index is 718. The highest BCUT2D eigenvalue weighted by Crippen LogP contribution is 2.39. The van der Waals surface area contributed by atoms with Crippen molar-refractivity contribution in [2.24, 2.45) is 5.73 Å². The van der Waals surface area contributed by atoms with Gasteiger partial charge in [0.15, 0.2) is 10.8 Å². The van der Waals surface area contributed by atoms with Crippen molar-refractivity contribution < 1.29 is 0 Å². The molecule has 0 saturated heterocycles. The molecule has 0 atom stereocenters. The molecule has 0 unspecified atom stereocenters. The number of aromatic nitrogens is 4. The summed E-state index contributed by atoms with van der Waals surface area (Å²) < 4.78 is 4.02. The average Bonchev–Trinajstić information content (AvgIpc) is 2.87. The second-order valence-corrected chi connectivity index (χ2v) is 5.81. The van der Waals surface area contributed by atoms with E-state index in [1.54, 1.807) is 11.3 Å². The van der Waals surface area contributed by atoms with Crippen LogP contribution < -0.4 is 5.73 Å². The fourth-order valence-corrected chi connectivity index (χ4v) is 3.15. The molecule has 6 heteroatoms. The summed E-state index contributed by atoms with van der Waals surface area (Å²) in [5, 5.41) is 6.71. The number of imidazole rings is 1. The van der Waals surface area contributed by atoms with Crippen LogP contribution in [0.25, 0.3) is 10.8 Å². The average molecular weight is 273 g/mol. The predicted molar refractivity (Wildman–Crippen MR) is 74.9 cm³/mol. The molecule has 0 amide bonds. The van der Waals surface area contributed by atoms with Gasteiger partial charge in [0, 0.05) is 30.1 Å². The smallest absolute Gasteiger partial charge is 0.195 e. The van der Waals surface area contributed by atoms with Gasteiger partial charge in [-0.1, -0.05) is 0 Å². The van der Waals surface area contributed by atoms with E-state index in [4.69, 9.17) is 5.73 Å². The van der Waals surface area contributed by atoms with Gasteiger partial charge in [-0.3, -0.25) is 4.40 Å². The lowest BCUT2D eigenvalue weighted by atomic mass is 10.3. The van der Waals surface area contributed by atoms with Gasteiger partial charge in [0.2, 0.25) is 0 Å².